The fourth-order valence-corrected chi connectivity index (χ4v) is 0.941. The molecule has 0 amide bonds. The average Bonchev–Trinajstić information content (AvgIpc) is 2.19. The summed E-state index contributed by atoms with van der Waals surface area (Å²) in [4.78, 5) is 0. The number of thiophene rings is 1. The third-order valence-corrected chi connectivity index (χ3v) is 1.43. The van der Waals surface area contributed by atoms with E-state index < -0.39 is 0 Å². The zero-order chi connectivity index (χ0) is 5.82. The molecule has 0 aliphatic carbocycles. The second kappa shape index (κ2) is 2.47. The first-order chi connectivity index (χ1) is 3.93. The van der Waals surface area contributed by atoms with Gasteiger partial charge in [-0.15, -0.1) is 11.3 Å². The van der Waals surface area contributed by atoms with Gasteiger partial charge in [-0.25, -0.2) is 0 Å². The van der Waals surface area contributed by atoms with Gasteiger partial charge < -0.3 is 4.74 Å². The van der Waals surface area contributed by atoms with Crippen LogP contribution in [0.25, 0.3) is 0 Å². The van der Waals surface area contributed by atoms with Crippen LogP contribution in [0.3, 0.4) is 0 Å². The van der Waals surface area contributed by atoms with Gasteiger partial charge in [-0.05, 0) is 17.5 Å². The highest BCUT2D eigenvalue weighted by atomic mass is 32.1. The first-order valence-electron chi connectivity index (χ1n) is 2.12. The van der Waals surface area contributed by atoms with Crippen LogP contribution in [0.15, 0.2) is 17.5 Å². The number of hydrogen-bond acceptors (Lipinski definition) is 3. The molecule has 1 aromatic heterocycles. The maximum absolute atomic E-state index is 6.54. The Morgan fingerprint density at radius 2 is 2.62 bits per heavy atom. The van der Waals surface area contributed by atoms with E-state index in [0.29, 0.717) is 0 Å². The van der Waals surface area contributed by atoms with Crippen molar-refractivity contribution in [3.63, 3.8) is 0 Å². The molecule has 0 saturated heterocycles. The Labute approximate surface area is 51.2 Å². The maximum Gasteiger partial charge on any atom is 0.182 e. The molecule has 8 heavy (non-hydrogen) atoms. The second-order valence-corrected chi connectivity index (χ2v) is 2.08. The molecule has 0 saturated carbocycles. The molecule has 1 heterocycles. The van der Waals surface area contributed by atoms with Gasteiger partial charge in [0, 0.05) is 0 Å². The van der Waals surface area contributed by atoms with E-state index in [1.165, 1.54) is 11.3 Å². The Hall–Kier alpha value is -0.830. The molecule has 1 rings (SSSR count). The van der Waals surface area contributed by atoms with E-state index in [0.717, 1.165) is 11.5 Å². The van der Waals surface area contributed by atoms with Crippen molar-refractivity contribution < 1.29 is 4.74 Å². The van der Waals surface area contributed by atoms with E-state index in [1.54, 1.807) is 0 Å². The molecule has 0 unspecified atom stereocenters. The second-order valence-electron chi connectivity index (χ2n) is 1.17. The van der Waals surface area contributed by atoms with Crippen LogP contribution in [0.4, 0.5) is 0 Å². The van der Waals surface area contributed by atoms with Gasteiger partial charge in [0.1, 0.15) is 0 Å². The summed E-state index contributed by atoms with van der Waals surface area (Å²) in [5, 5.41) is 9.20. The van der Waals surface area contributed by atoms with Crippen LogP contribution in [0.2, 0.25) is 0 Å². The summed E-state index contributed by atoms with van der Waals surface area (Å²) in [6, 6.07) is 3.69. The van der Waals surface area contributed by atoms with Gasteiger partial charge in [0.15, 0.2) is 11.5 Å². The van der Waals surface area contributed by atoms with Gasteiger partial charge >= 0.3 is 0 Å². The maximum atomic E-state index is 6.54. The zero-order valence-electron chi connectivity index (χ0n) is 4.13. The van der Waals surface area contributed by atoms with Gasteiger partial charge in [0.25, 0.3) is 0 Å². The summed E-state index contributed by atoms with van der Waals surface area (Å²) in [6.45, 7) is 0. The molecule has 1 N–H and O–H groups in total. The lowest BCUT2D eigenvalue weighted by Crippen LogP contribution is -1.81. The highest BCUT2D eigenvalue weighted by Crippen LogP contribution is 2.16. The predicted molar refractivity (Wildman–Crippen MR) is 33.7 cm³/mol. The highest BCUT2D eigenvalue weighted by Gasteiger charge is 1.86. The Morgan fingerprint density at radius 1 is 1.75 bits per heavy atom. The van der Waals surface area contributed by atoms with Crippen molar-refractivity contribution in [2.45, 2.75) is 0 Å². The summed E-state index contributed by atoms with van der Waals surface area (Å²) in [7, 11) is 0. The van der Waals surface area contributed by atoms with E-state index in [9.17, 15) is 0 Å². The van der Waals surface area contributed by atoms with E-state index in [-0.39, 0.29) is 0 Å². The number of hydrogen-bond donors (Lipinski definition) is 1. The lowest BCUT2D eigenvalue weighted by atomic mass is 10.7. The molecule has 3 heteroatoms. The molecule has 0 bridgehead atoms. The summed E-state index contributed by atoms with van der Waals surface area (Å²) < 4.78 is 4.71. The van der Waals surface area contributed by atoms with Crippen LogP contribution in [0, 0.1) is 5.41 Å². The minimum absolute atomic E-state index is 0.764. The standard InChI is InChI=1S/C5H5NOS/c6-4-7-5-2-1-3-8-5/h1-4,6H. The Balaban J connectivity index is 2.62. The first kappa shape index (κ1) is 5.31. The van der Waals surface area contributed by atoms with Crippen molar-refractivity contribution in [3.05, 3.63) is 17.5 Å². The summed E-state index contributed by atoms with van der Waals surface area (Å²) in [5.74, 6) is 0. The molecule has 0 atom stereocenters. The molecule has 1 aromatic rings. The van der Waals surface area contributed by atoms with Crippen LogP contribution < -0.4 is 4.74 Å². The van der Waals surface area contributed by atoms with Crippen molar-refractivity contribution in [3.8, 4) is 5.06 Å². The van der Waals surface area contributed by atoms with Crippen molar-refractivity contribution in [2.24, 2.45) is 0 Å². The van der Waals surface area contributed by atoms with Crippen LogP contribution in [-0.4, -0.2) is 6.40 Å². The molecule has 0 aromatic carbocycles. The average molecular weight is 127 g/mol. The SMILES string of the molecule is N=COc1cccs1. The van der Waals surface area contributed by atoms with Crippen molar-refractivity contribution in [2.75, 3.05) is 0 Å². The van der Waals surface area contributed by atoms with Crippen LogP contribution in [0.1, 0.15) is 0 Å². The van der Waals surface area contributed by atoms with Crippen molar-refractivity contribution in [1.29, 1.82) is 5.41 Å². The highest BCUT2D eigenvalue weighted by molar-refractivity contribution is 7.11. The number of ether oxygens (including phenoxy) is 1. The molecule has 0 spiro atoms. The third-order valence-electron chi connectivity index (χ3n) is 0.670. The van der Waals surface area contributed by atoms with Gasteiger partial charge in [0.2, 0.25) is 0 Å². The fraction of sp³-hybridized carbons (Fsp3) is 0. The zero-order valence-corrected chi connectivity index (χ0v) is 4.94. The molecule has 42 valence electrons. The van der Waals surface area contributed by atoms with E-state index in [4.69, 9.17) is 10.1 Å². The Morgan fingerprint density at radius 3 is 3.12 bits per heavy atom. The van der Waals surface area contributed by atoms with E-state index in [2.05, 4.69) is 0 Å². The van der Waals surface area contributed by atoms with Gasteiger partial charge in [-0.1, -0.05) is 0 Å². The number of rotatable bonds is 2. The topological polar surface area (TPSA) is 33.1 Å². The molecular formula is C5H5NOS. The molecule has 0 aliphatic rings. The minimum atomic E-state index is 0.764. The van der Waals surface area contributed by atoms with E-state index >= 15 is 0 Å². The van der Waals surface area contributed by atoms with Gasteiger partial charge in [0.05, 0.1) is 0 Å². The predicted octanol–water partition coefficient (Wildman–Crippen LogP) is 1.73. The van der Waals surface area contributed by atoms with Crippen LogP contribution in [-0.2, 0) is 0 Å². The quantitative estimate of drug-likeness (QED) is 0.476. The van der Waals surface area contributed by atoms with Gasteiger partial charge in [-0.2, -0.15) is 0 Å². The van der Waals surface area contributed by atoms with Crippen LogP contribution >= 0.6 is 11.3 Å². The first-order valence-corrected chi connectivity index (χ1v) is 3.00. The molecule has 0 aliphatic heterocycles. The van der Waals surface area contributed by atoms with Crippen LogP contribution in [0.5, 0.6) is 5.06 Å². The number of nitrogens with one attached hydrogen (secondary N) is 1. The molecule has 0 radical (unpaired) electrons. The lowest BCUT2D eigenvalue weighted by Gasteiger charge is -1.86. The Bertz CT molecular complexity index is 159. The lowest BCUT2D eigenvalue weighted by molar-refractivity contribution is 0.586. The summed E-state index contributed by atoms with van der Waals surface area (Å²) in [6.07, 6.45) is 0.922. The normalized spacial score (nSPS) is 8.50. The van der Waals surface area contributed by atoms with Gasteiger partial charge in [-0.3, -0.25) is 5.41 Å². The largest absolute Gasteiger partial charge is 0.436 e. The van der Waals surface area contributed by atoms with E-state index in [1.807, 2.05) is 17.5 Å². The summed E-state index contributed by atoms with van der Waals surface area (Å²) in [5.41, 5.74) is 0. The van der Waals surface area contributed by atoms with Crippen molar-refractivity contribution >= 4 is 17.7 Å². The summed E-state index contributed by atoms with van der Waals surface area (Å²) >= 11 is 1.47. The van der Waals surface area contributed by atoms with Crippen molar-refractivity contribution in [1.82, 2.24) is 0 Å². The molecular weight excluding hydrogens is 122 g/mol. The molecule has 2 nitrogen and oxygen atoms in total. The molecule has 0 fully saturated rings. The smallest absolute Gasteiger partial charge is 0.182 e. The Kier molecular flexibility index (Phi) is 1.64. The minimum Gasteiger partial charge on any atom is -0.436 e. The monoisotopic (exact) mass is 127 g/mol. The third kappa shape index (κ3) is 1.07. The fourth-order valence-electron chi connectivity index (χ4n) is 0.389.